The lowest BCUT2D eigenvalue weighted by Gasteiger charge is -1.92. The Morgan fingerprint density at radius 2 is 2.30 bits per heavy atom. The van der Waals surface area contributed by atoms with Crippen LogP contribution in [0.15, 0.2) is 0 Å². The number of ether oxygens (including phenoxy) is 2. The Labute approximate surface area is 60.3 Å². The lowest BCUT2D eigenvalue weighted by Crippen LogP contribution is -2.05. The van der Waals surface area contributed by atoms with Gasteiger partial charge >= 0.3 is 5.97 Å². The molecule has 0 aromatic carbocycles. The quantitative estimate of drug-likeness (QED) is 0.433. The molecule has 1 aliphatic rings. The second-order valence-electron chi connectivity index (χ2n) is 2.40. The zero-order chi connectivity index (χ0) is 7.56. The first-order valence-electron chi connectivity index (χ1n) is 3.50. The number of carbonyl (C=O) groups excluding carboxylic acids is 1. The van der Waals surface area contributed by atoms with Crippen LogP contribution in [-0.4, -0.2) is 25.3 Å². The zero-order valence-electron chi connectivity index (χ0n) is 6.29. The summed E-state index contributed by atoms with van der Waals surface area (Å²) in [5.74, 6) is -0.180. The third kappa shape index (κ3) is 1.70. The Balaban J connectivity index is 2.11. The summed E-state index contributed by atoms with van der Waals surface area (Å²) in [6.45, 7) is 2.04. The fourth-order valence-corrected chi connectivity index (χ4v) is 0.965. The summed E-state index contributed by atoms with van der Waals surface area (Å²) >= 11 is 0. The van der Waals surface area contributed by atoms with E-state index >= 15 is 0 Å². The number of hydrogen-bond acceptors (Lipinski definition) is 3. The molecule has 0 spiro atoms. The molecule has 1 saturated heterocycles. The van der Waals surface area contributed by atoms with Gasteiger partial charge in [-0.2, -0.15) is 0 Å². The van der Waals surface area contributed by atoms with Crippen LogP contribution in [0.5, 0.6) is 0 Å². The van der Waals surface area contributed by atoms with E-state index in [1.807, 2.05) is 6.92 Å². The van der Waals surface area contributed by atoms with Crippen molar-refractivity contribution in [1.82, 2.24) is 0 Å². The predicted molar refractivity (Wildman–Crippen MR) is 35.6 cm³/mol. The normalized spacial score (nSPS) is 29.8. The smallest absolute Gasteiger partial charge is 0.308 e. The van der Waals surface area contributed by atoms with Gasteiger partial charge in [-0.1, -0.05) is 6.92 Å². The van der Waals surface area contributed by atoms with E-state index < -0.39 is 0 Å². The fraction of sp³-hybridized carbons (Fsp3) is 0.857. The molecule has 0 bridgehead atoms. The molecule has 0 N–H and O–H groups in total. The molecule has 0 aromatic rings. The van der Waals surface area contributed by atoms with Crippen LogP contribution < -0.4 is 0 Å². The van der Waals surface area contributed by atoms with Gasteiger partial charge in [0.2, 0.25) is 0 Å². The van der Waals surface area contributed by atoms with Gasteiger partial charge in [0.1, 0.15) is 0 Å². The van der Waals surface area contributed by atoms with Gasteiger partial charge in [0.15, 0.2) is 0 Å². The summed E-state index contributed by atoms with van der Waals surface area (Å²) in [5.41, 5.74) is 0. The third-order valence-electron chi connectivity index (χ3n) is 1.69. The van der Waals surface area contributed by atoms with Gasteiger partial charge in [-0.3, -0.25) is 4.79 Å². The third-order valence-corrected chi connectivity index (χ3v) is 1.69. The number of hydrogen-bond donors (Lipinski definition) is 0. The highest BCUT2D eigenvalue weighted by Gasteiger charge is 2.38. The van der Waals surface area contributed by atoms with Crippen molar-refractivity contribution in [1.29, 1.82) is 0 Å². The lowest BCUT2D eigenvalue weighted by molar-refractivity contribution is -0.140. The SMILES string of the molecule is CCC1OC1CC(=O)OC. The Kier molecular flexibility index (Phi) is 2.27. The molecule has 2 unspecified atom stereocenters. The lowest BCUT2D eigenvalue weighted by atomic mass is 10.2. The highest BCUT2D eigenvalue weighted by molar-refractivity contribution is 5.70. The van der Waals surface area contributed by atoms with E-state index in [9.17, 15) is 4.79 Å². The van der Waals surface area contributed by atoms with Gasteiger partial charge in [0.25, 0.3) is 0 Å². The number of esters is 1. The van der Waals surface area contributed by atoms with Crippen molar-refractivity contribution in [2.24, 2.45) is 0 Å². The maximum absolute atomic E-state index is 10.6. The minimum atomic E-state index is -0.180. The standard InChI is InChI=1S/C7H12O3/c1-3-5-6(10-5)4-7(8)9-2/h5-6H,3-4H2,1-2H3. The van der Waals surface area contributed by atoms with Gasteiger partial charge in [-0.25, -0.2) is 0 Å². The molecule has 0 radical (unpaired) electrons. The summed E-state index contributed by atoms with van der Waals surface area (Å²) in [6.07, 6.45) is 1.84. The molecule has 58 valence electrons. The van der Waals surface area contributed by atoms with E-state index in [4.69, 9.17) is 4.74 Å². The fourth-order valence-electron chi connectivity index (χ4n) is 0.965. The van der Waals surface area contributed by atoms with Crippen molar-refractivity contribution in [2.75, 3.05) is 7.11 Å². The highest BCUT2D eigenvalue weighted by Crippen LogP contribution is 2.27. The maximum Gasteiger partial charge on any atom is 0.308 e. The molecule has 1 heterocycles. The molecule has 2 atom stereocenters. The van der Waals surface area contributed by atoms with Crippen LogP contribution in [-0.2, 0) is 14.3 Å². The molecule has 10 heavy (non-hydrogen) atoms. The Bertz CT molecular complexity index is 133. The summed E-state index contributed by atoms with van der Waals surface area (Å²) < 4.78 is 9.61. The first-order chi connectivity index (χ1) is 4.77. The molecule has 3 nitrogen and oxygen atoms in total. The second kappa shape index (κ2) is 3.01. The number of carbonyl (C=O) groups is 1. The Hall–Kier alpha value is -0.570. The Morgan fingerprint density at radius 1 is 1.60 bits per heavy atom. The van der Waals surface area contributed by atoms with E-state index in [0.717, 1.165) is 6.42 Å². The molecular weight excluding hydrogens is 132 g/mol. The van der Waals surface area contributed by atoms with Gasteiger partial charge in [0, 0.05) is 0 Å². The van der Waals surface area contributed by atoms with Gasteiger partial charge in [-0.15, -0.1) is 0 Å². The largest absolute Gasteiger partial charge is 0.469 e. The van der Waals surface area contributed by atoms with Gasteiger partial charge in [-0.05, 0) is 6.42 Å². The van der Waals surface area contributed by atoms with Crippen LogP contribution in [0.2, 0.25) is 0 Å². The van der Waals surface area contributed by atoms with Crippen molar-refractivity contribution in [2.45, 2.75) is 32.0 Å². The van der Waals surface area contributed by atoms with Crippen LogP contribution in [0.4, 0.5) is 0 Å². The maximum atomic E-state index is 10.6. The van der Waals surface area contributed by atoms with Gasteiger partial charge < -0.3 is 9.47 Å². The highest BCUT2D eigenvalue weighted by atomic mass is 16.6. The molecule has 0 saturated carbocycles. The minimum absolute atomic E-state index is 0.137. The van der Waals surface area contributed by atoms with Crippen LogP contribution in [0.25, 0.3) is 0 Å². The summed E-state index contributed by atoms with van der Waals surface area (Å²) in [7, 11) is 1.39. The molecule has 3 heteroatoms. The molecule has 1 aliphatic heterocycles. The topological polar surface area (TPSA) is 38.8 Å². The van der Waals surface area contributed by atoms with E-state index in [1.54, 1.807) is 0 Å². The zero-order valence-corrected chi connectivity index (χ0v) is 6.29. The number of methoxy groups -OCH3 is 1. The summed E-state index contributed by atoms with van der Waals surface area (Å²) in [4.78, 5) is 10.6. The first kappa shape index (κ1) is 7.54. The first-order valence-corrected chi connectivity index (χ1v) is 3.50. The molecule has 0 amide bonds. The number of rotatable bonds is 3. The molecule has 1 rings (SSSR count). The summed E-state index contributed by atoms with van der Waals surface area (Å²) in [6, 6.07) is 0. The van der Waals surface area contributed by atoms with Crippen LogP contribution in [0.3, 0.4) is 0 Å². The van der Waals surface area contributed by atoms with Crippen LogP contribution in [0, 0.1) is 0 Å². The predicted octanol–water partition coefficient (Wildman–Crippen LogP) is 0.727. The van der Waals surface area contributed by atoms with Crippen LogP contribution in [0.1, 0.15) is 19.8 Å². The van der Waals surface area contributed by atoms with Crippen molar-refractivity contribution in [3.05, 3.63) is 0 Å². The second-order valence-corrected chi connectivity index (χ2v) is 2.40. The Morgan fingerprint density at radius 3 is 2.70 bits per heavy atom. The van der Waals surface area contributed by atoms with Crippen LogP contribution >= 0.6 is 0 Å². The molecule has 0 aliphatic carbocycles. The number of epoxide rings is 1. The van der Waals surface area contributed by atoms with E-state index in [-0.39, 0.29) is 12.1 Å². The van der Waals surface area contributed by atoms with Crippen molar-refractivity contribution in [3.63, 3.8) is 0 Å². The van der Waals surface area contributed by atoms with Crippen molar-refractivity contribution >= 4 is 5.97 Å². The minimum Gasteiger partial charge on any atom is -0.469 e. The molecular formula is C7H12O3. The van der Waals surface area contributed by atoms with E-state index in [1.165, 1.54) is 7.11 Å². The van der Waals surface area contributed by atoms with Crippen molar-refractivity contribution < 1.29 is 14.3 Å². The average molecular weight is 144 g/mol. The van der Waals surface area contributed by atoms with E-state index in [0.29, 0.717) is 12.5 Å². The summed E-state index contributed by atoms with van der Waals surface area (Å²) in [5, 5.41) is 0. The van der Waals surface area contributed by atoms with Gasteiger partial charge in [0.05, 0.1) is 25.7 Å². The average Bonchev–Trinajstić information content (AvgIpc) is 2.67. The van der Waals surface area contributed by atoms with Crippen molar-refractivity contribution in [3.8, 4) is 0 Å². The monoisotopic (exact) mass is 144 g/mol. The molecule has 0 aromatic heterocycles. The van der Waals surface area contributed by atoms with E-state index in [2.05, 4.69) is 4.74 Å². The molecule has 1 fully saturated rings.